The van der Waals surface area contributed by atoms with Crippen molar-refractivity contribution in [3.8, 4) is 0 Å². The fourth-order valence-electron chi connectivity index (χ4n) is 3.73. The van der Waals surface area contributed by atoms with E-state index in [9.17, 15) is 4.79 Å². The molecule has 0 atom stereocenters. The van der Waals surface area contributed by atoms with E-state index < -0.39 is 0 Å². The maximum Gasteiger partial charge on any atom is 0.324 e. The minimum Gasteiger partial charge on any atom is -0.472 e. The summed E-state index contributed by atoms with van der Waals surface area (Å²) in [6.07, 6.45) is 5.79. The summed E-state index contributed by atoms with van der Waals surface area (Å²) < 4.78 is 5.11. The van der Waals surface area contributed by atoms with Gasteiger partial charge < -0.3 is 19.5 Å². The predicted octanol–water partition coefficient (Wildman–Crippen LogP) is 2.91. The van der Waals surface area contributed by atoms with E-state index in [1.165, 1.54) is 11.3 Å². The van der Waals surface area contributed by atoms with Crippen LogP contribution in [0.4, 0.5) is 16.2 Å². The Bertz CT molecular complexity index is 721. The van der Waals surface area contributed by atoms with Gasteiger partial charge in [-0.15, -0.1) is 0 Å². The fourth-order valence-corrected chi connectivity index (χ4v) is 3.73. The lowest BCUT2D eigenvalue weighted by Crippen LogP contribution is -2.42. The van der Waals surface area contributed by atoms with Gasteiger partial charge in [0.25, 0.3) is 0 Å². The molecule has 0 aliphatic carbocycles. The number of anilines is 2. The van der Waals surface area contributed by atoms with Gasteiger partial charge in [-0.3, -0.25) is 4.90 Å². The van der Waals surface area contributed by atoms with Crippen LogP contribution in [0.3, 0.4) is 0 Å². The molecule has 2 aromatic rings. The summed E-state index contributed by atoms with van der Waals surface area (Å²) in [5.74, 6) is 0. The van der Waals surface area contributed by atoms with Crippen LogP contribution in [0.1, 0.15) is 18.4 Å². The van der Waals surface area contributed by atoms with Crippen LogP contribution in [0, 0.1) is 0 Å². The molecule has 2 fully saturated rings. The Morgan fingerprint density at radius 1 is 1.04 bits per heavy atom. The second-order valence-electron chi connectivity index (χ2n) is 7.15. The first-order valence-electron chi connectivity index (χ1n) is 9.33. The molecule has 0 unspecified atom stereocenters. The number of carbonyl (C=O) groups is 1. The normalized spacial score (nSPS) is 18.8. The SMILES string of the molecule is CN1CCN(c2ccc(N3CCC(NCc4ccoc4)CC3)cc2)C1=O. The number of benzene rings is 1. The van der Waals surface area contributed by atoms with Crippen molar-refractivity contribution >= 4 is 17.4 Å². The summed E-state index contributed by atoms with van der Waals surface area (Å²) in [7, 11) is 1.85. The predicted molar refractivity (Wildman–Crippen MR) is 103 cm³/mol. The van der Waals surface area contributed by atoms with Crippen LogP contribution in [0.15, 0.2) is 47.3 Å². The largest absolute Gasteiger partial charge is 0.472 e. The fraction of sp³-hybridized carbons (Fsp3) is 0.450. The van der Waals surface area contributed by atoms with Gasteiger partial charge in [0.15, 0.2) is 0 Å². The molecule has 0 saturated carbocycles. The first-order chi connectivity index (χ1) is 12.7. The third kappa shape index (κ3) is 3.55. The number of urea groups is 1. The minimum atomic E-state index is 0.0854. The van der Waals surface area contributed by atoms with E-state index in [1.807, 2.05) is 18.0 Å². The topological polar surface area (TPSA) is 52.0 Å². The molecular formula is C20H26N4O2. The Balaban J connectivity index is 1.29. The molecule has 2 aliphatic rings. The van der Waals surface area contributed by atoms with Crippen LogP contribution in [-0.4, -0.2) is 50.2 Å². The molecule has 26 heavy (non-hydrogen) atoms. The monoisotopic (exact) mass is 354 g/mol. The number of piperidine rings is 1. The first kappa shape index (κ1) is 17.0. The summed E-state index contributed by atoms with van der Waals surface area (Å²) >= 11 is 0. The Hall–Kier alpha value is -2.47. The molecular weight excluding hydrogens is 328 g/mol. The molecule has 138 valence electrons. The molecule has 2 aliphatic heterocycles. The number of amides is 2. The smallest absolute Gasteiger partial charge is 0.324 e. The Kier molecular flexibility index (Phi) is 4.84. The molecule has 2 amide bonds. The van der Waals surface area contributed by atoms with Crippen LogP contribution in [0.2, 0.25) is 0 Å². The van der Waals surface area contributed by atoms with Crippen molar-refractivity contribution in [2.24, 2.45) is 0 Å². The second-order valence-corrected chi connectivity index (χ2v) is 7.15. The molecule has 3 heterocycles. The highest BCUT2D eigenvalue weighted by Gasteiger charge is 2.26. The zero-order valence-electron chi connectivity index (χ0n) is 15.2. The van der Waals surface area contributed by atoms with Crippen molar-refractivity contribution < 1.29 is 9.21 Å². The molecule has 6 nitrogen and oxygen atoms in total. The van der Waals surface area contributed by atoms with Gasteiger partial charge in [-0.1, -0.05) is 0 Å². The van der Waals surface area contributed by atoms with Crippen molar-refractivity contribution in [1.82, 2.24) is 10.2 Å². The van der Waals surface area contributed by atoms with Crippen molar-refractivity contribution in [3.05, 3.63) is 48.4 Å². The molecule has 6 heteroatoms. The zero-order chi connectivity index (χ0) is 17.9. The van der Waals surface area contributed by atoms with E-state index >= 15 is 0 Å². The maximum atomic E-state index is 12.1. The van der Waals surface area contributed by atoms with Gasteiger partial charge in [0.2, 0.25) is 0 Å². The van der Waals surface area contributed by atoms with Gasteiger partial charge in [-0.25, -0.2) is 4.79 Å². The number of nitrogens with zero attached hydrogens (tertiary/aromatic N) is 3. The minimum absolute atomic E-state index is 0.0854. The van der Waals surface area contributed by atoms with Crippen molar-refractivity contribution in [2.75, 3.05) is 43.0 Å². The second kappa shape index (κ2) is 7.41. The van der Waals surface area contributed by atoms with E-state index in [0.717, 1.165) is 51.3 Å². The van der Waals surface area contributed by atoms with Crippen LogP contribution in [0.5, 0.6) is 0 Å². The lowest BCUT2D eigenvalue weighted by molar-refractivity contribution is 0.229. The Labute approximate surface area is 154 Å². The van der Waals surface area contributed by atoms with Gasteiger partial charge in [0, 0.05) is 62.8 Å². The third-order valence-corrected chi connectivity index (χ3v) is 5.41. The van der Waals surface area contributed by atoms with Crippen LogP contribution in [0.25, 0.3) is 0 Å². The van der Waals surface area contributed by atoms with Gasteiger partial charge >= 0.3 is 6.03 Å². The summed E-state index contributed by atoms with van der Waals surface area (Å²) in [6, 6.07) is 11.1. The summed E-state index contributed by atoms with van der Waals surface area (Å²) in [5, 5.41) is 3.62. The van der Waals surface area contributed by atoms with Crippen LogP contribution >= 0.6 is 0 Å². The van der Waals surface area contributed by atoms with Gasteiger partial charge in [-0.2, -0.15) is 0 Å². The molecule has 0 spiro atoms. The number of rotatable bonds is 5. The number of hydrogen-bond donors (Lipinski definition) is 1. The molecule has 0 radical (unpaired) electrons. The number of carbonyl (C=O) groups excluding carboxylic acids is 1. The lowest BCUT2D eigenvalue weighted by atomic mass is 10.0. The molecule has 2 saturated heterocycles. The quantitative estimate of drug-likeness (QED) is 0.897. The van der Waals surface area contributed by atoms with E-state index in [-0.39, 0.29) is 6.03 Å². The van der Waals surface area contributed by atoms with E-state index in [4.69, 9.17) is 4.42 Å². The van der Waals surface area contributed by atoms with Crippen molar-refractivity contribution in [2.45, 2.75) is 25.4 Å². The van der Waals surface area contributed by atoms with E-state index in [1.54, 1.807) is 17.4 Å². The zero-order valence-corrected chi connectivity index (χ0v) is 15.2. The first-order valence-corrected chi connectivity index (χ1v) is 9.33. The molecule has 4 rings (SSSR count). The van der Waals surface area contributed by atoms with Crippen molar-refractivity contribution in [3.63, 3.8) is 0 Å². The van der Waals surface area contributed by atoms with Gasteiger partial charge in [-0.05, 0) is 43.2 Å². The van der Waals surface area contributed by atoms with Crippen LogP contribution < -0.4 is 15.1 Å². The summed E-state index contributed by atoms with van der Waals surface area (Å²) in [6.45, 7) is 4.53. The highest BCUT2D eigenvalue weighted by Crippen LogP contribution is 2.25. The standard InChI is InChI=1S/C20H26N4O2/c1-22-11-12-24(20(22)25)19-4-2-18(3-5-19)23-9-6-17(7-10-23)21-14-16-8-13-26-15-16/h2-5,8,13,15,17,21H,6-7,9-12,14H2,1H3. The summed E-state index contributed by atoms with van der Waals surface area (Å²) in [4.78, 5) is 18.1. The Morgan fingerprint density at radius 3 is 2.38 bits per heavy atom. The van der Waals surface area contributed by atoms with Gasteiger partial charge in [0.05, 0.1) is 12.5 Å². The molecule has 1 N–H and O–H groups in total. The molecule has 0 bridgehead atoms. The average Bonchev–Trinajstić information content (AvgIpc) is 3.31. The Morgan fingerprint density at radius 2 is 1.77 bits per heavy atom. The maximum absolute atomic E-state index is 12.1. The molecule has 1 aromatic heterocycles. The highest BCUT2D eigenvalue weighted by atomic mass is 16.3. The third-order valence-electron chi connectivity index (χ3n) is 5.41. The van der Waals surface area contributed by atoms with Gasteiger partial charge in [0.1, 0.15) is 0 Å². The number of likely N-dealkylation sites (N-methyl/N-ethyl adjacent to an activating group) is 1. The summed E-state index contributed by atoms with van der Waals surface area (Å²) in [5.41, 5.74) is 3.42. The van der Waals surface area contributed by atoms with E-state index in [2.05, 4.69) is 34.5 Å². The molecule has 1 aromatic carbocycles. The highest BCUT2D eigenvalue weighted by molar-refractivity contribution is 5.94. The lowest BCUT2D eigenvalue weighted by Gasteiger charge is -2.34. The van der Waals surface area contributed by atoms with Crippen LogP contribution in [-0.2, 0) is 6.54 Å². The number of hydrogen-bond acceptors (Lipinski definition) is 4. The van der Waals surface area contributed by atoms with Crippen molar-refractivity contribution in [1.29, 1.82) is 0 Å². The average molecular weight is 354 g/mol. The van der Waals surface area contributed by atoms with E-state index in [0.29, 0.717) is 6.04 Å². The number of nitrogens with one attached hydrogen (secondary N) is 1. The number of furan rings is 1.